The number of aromatic nitrogens is 6. The van der Waals surface area contributed by atoms with E-state index < -0.39 is 0 Å². The monoisotopic (exact) mass is 259 g/mol. The van der Waals surface area contributed by atoms with E-state index in [9.17, 15) is 0 Å². The van der Waals surface area contributed by atoms with Crippen LogP contribution in [0.2, 0.25) is 0 Å². The first kappa shape index (κ1) is 11.1. The Morgan fingerprint density at radius 1 is 1.32 bits per heavy atom. The van der Waals surface area contributed by atoms with Gasteiger partial charge in [-0.3, -0.25) is 0 Å². The highest BCUT2D eigenvalue weighted by Gasteiger charge is 2.08. The minimum absolute atomic E-state index is 0.0370. The molecule has 0 saturated carbocycles. The maximum Gasteiger partial charge on any atom is 0.323 e. The minimum atomic E-state index is 0.0370. The molecule has 0 aromatic carbocycles. The second-order valence-corrected chi connectivity index (χ2v) is 3.48. The van der Waals surface area contributed by atoms with E-state index in [0.717, 1.165) is 0 Å². The predicted molar refractivity (Wildman–Crippen MR) is 62.2 cm³/mol. The number of hydrogen-bond donors (Lipinski definition) is 1. The molecule has 0 spiro atoms. The molecule has 2 N–H and O–H groups in total. The van der Waals surface area contributed by atoms with Crippen LogP contribution in [0, 0.1) is 0 Å². The highest BCUT2D eigenvalue weighted by atomic mass is 16.5. The summed E-state index contributed by atoms with van der Waals surface area (Å²) >= 11 is 0. The first-order valence-electron chi connectivity index (χ1n) is 5.33. The Morgan fingerprint density at radius 3 is 3.00 bits per heavy atom. The van der Waals surface area contributed by atoms with Crippen molar-refractivity contribution in [3.8, 4) is 12.0 Å². The molecule has 19 heavy (non-hydrogen) atoms. The Hall–Kier alpha value is -2.97. The lowest BCUT2D eigenvalue weighted by Gasteiger charge is -2.04. The minimum Gasteiger partial charge on any atom is -0.466 e. The predicted octanol–water partition coefficient (Wildman–Crippen LogP) is 0.206. The van der Waals surface area contributed by atoms with Crippen LogP contribution in [0.1, 0.15) is 5.76 Å². The topological polar surface area (TPSA) is 118 Å². The van der Waals surface area contributed by atoms with Crippen LogP contribution in [0.25, 0.3) is 5.95 Å². The molecule has 0 unspecified atom stereocenters. The second kappa shape index (κ2) is 4.72. The molecule has 0 radical (unpaired) electrons. The van der Waals surface area contributed by atoms with Gasteiger partial charge in [-0.1, -0.05) is 0 Å². The summed E-state index contributed by atoms with van der Waals surface area (Å²) in [7, 11) is 0. The zero-order valence-corrected chi connectivity index (χ0v) is 9.67. The molecule has 3 rings (SSSR count). The van der Waals surface area contributed by atoms with Gasteiger partial charge in [-0.2, -0.15) is 24.7 Å². The first-order valence-corrected chi connectivity index (χ1v) is 5.33. The molecule has 96 valence electrons. The van der Waals surface area contributed by atoms with Crippen molar-refractivity contribution >= 4 is 5.95 Å². The number of ether oxygens (including phenoxy) is 1. The molecule has 3 aromatic heterocycles. The molecule has 3 aromatic rings. The van der Waals surface area contributed by atoms with E-state index in [2.05, 4.69) is 25.0 Å². The fourth-order valence-electron chi connectivity index (χ4n) is 1.37. The average molecular weight is 259 g/mol. The highest BCUT2D eigenvalue weighted by molar-refractivity contribution is 5.24. The SMILES string of the molecule is Nc1nc(OCc2ccco2)nc(-n2cncn2)n1. The summed E-state index contributed by atoms with van der Waals surface area (Å²) in [5.74, 6) is 0.927. The van der Waals surface area contributed by atoms with E-state index in [-0.39, 0.29) is 24.5 Å². The Labute approximate surface area is 107 Å². The van der Waals surface area contributed by atoms with Crippen LogP contribution in [0.5, 0.6) is 6.01 Å². The van der Waals surface area contributed by atoms with Gasteiger partial charge in [0.25, 0.3) is 5.95 Å². The van der Waals surface area contributed by atoms with Crippen LogP contribution < -0.4 is 10.5 Å². The molecule has 0 bridgehead atoms. The zero-order valence-electron chi connectivity index (χ0n) is 9.67. The summed E-state index contributed by atoms with van der Waals surface area (Å²) in [4.78, 5) is 15.7. The van der Waals surface area contributed by atoms with Crippen molar-refractivity contribution < 1.29 is 9.15 Å². The lowest BCUT2D eigenvalue weighted by Crippen LogP contribution is -2.09. The van der Waals surface area contributed by atoms with E-state index in [1.54, 1.807) is 18.4 Å². The number of rotatable bonds is 4. The Morgan fingerprint density at radius 2 is 2.26 bits per heavy atom. The zero-order chi connectivity index (χ0) is 13.1. The maximum atomic E-state index is 5.59. The molecule has 3 heterocycles. The summed E-state index contributed by atoms with van der Waals surface area (Å²) in [6, 6.07) is 3.64. The van der Waals surface area contributed by atoms with Gasteiger partial charge < -0.3 is 14.9 Å². The maximum absolute atomic E-state index is 5.59. The summed E-state index contributed by atoms with van der Waals surface area (Å²) in [6.45, 7) is 0.202. The molecule has 0 aliphatic heterocycles. The number of nitrogens with zero attached hydrogens (tertiary/aromatic N) is 6. The van der Waals surface area contributed by atoms with Gasteiger partial charge in [-0.05, 0) is 12.1 Å². The van der Waals surface area contributed by atoms with Crippen LogP contribution in [-0.2, 0) is 6.61 Å². The molecule has 0 fully saturated rings. The molecule has 0 atom stereocenters. The van der Waals surface area contributed by atoms with Crippen molar-refractivity contribution in [3.05, 3.63) is 36.8 Å². The molecular formula is C10H9N7O2. The molecule has 0 aliphatic carbocycles. The normalized spacial score (nSPS) is 10.5. The summed E-state index contributed by atoms with van der Waals surface area (Å²) in [6.07, 6.45) is 4.37. The van der Waals surface area contributed by atoms with Gasteiger partial charge in [0.2, 0.25) is 5.95 Å². The largest absolute Gasteiger partial charge is 0.466 e. The van der Waals surface area contributed by atoms with E-state index in [1.807, 2.05) is 0 Å². The molecular weight excluding hydrogens is 250 g/mol. The van der Waals surface area contributed by atoms with Crippen molar-refractivity contribution in [2.24, 2.45) is 0 Å². The van der Waals surface area contributed by atoms with Gasteiger partial charge in [-0.25, -0.2) is 4.98 Å². The van der Waals surface area contributed by atoms with Crippen LogP contribution in [0.15, 0.2) is 35.5 Å². The lowest BCUT2D eigenvalue weighted by atomic mass is 10.5. The standard InChI is InChI=1S/C10H9N7O2/c11-8-14-9(17-6-12-5-13-17)16-10(15-8)19-4-7-2-1-3-18-7/h1-3,5-6H,4H2,(H2,11,14,15,16). The fraction of sp³-hybridized carbons (Fsp3) is 0.100. The number of hydrogen-bond acceptors (Lipinski definition) is 8. The third-order valence-electron chi connectivity index (χ3n) is 2.17. The van der Waals surface area contributed by atoms with E-state index in [0.29, 0.717) is 5.76 Å². The Balaban J connectivity index is 1.82. The summed E-state index contributed by atoms with van der Waals surface area (Å²) in [5.41, 5.74) is 5.59. The first-order chi connectivity index (χ1) is 9.31. The van der Waals surface area contributed by atoms with Gasteiger partial charge in [0.1, 0.15) is 25.0 Å². The van der Waals surface area contributed by atoms with Gasteiger partial charge in [0, 0.05) is 0 Å². The Bertz CT molecular complexity index is 651. The third-order valence-corrected chi connectivity index (χ3v) is 2.17. The average Bonchev–Trinajstić information content (AvgIpc) is 3.09. The van der Waals surface area contributed by atoms with Gasteiger partial charge in [-0.15, -0.1) is 0 Å². The van der Waals surface area contributed by atoms with Gasteiger partial charge >= 0.3 is 6.01 Å². The lowest BCUT2D eigenvalue weighted by molar-refractivity contribution is 0.249. The summed E-state index contributed by atoms with van der Waals surface area (Å²) in [5, 5.41) is 3.90. The number of furan rings is 1. The number of nitrogens with two attached hydrogens (primary N) is 1. The van der Waals surface area contributed by atoms with Crippen molar-refractivity contribution in [1.29, 1.82) is 0 Å². The van der Waals surface area contributed by atoms with Crippen molar-refractivity contribution in [1.82, 2.24) is 29.7 Å². The summed E-state index contributed by atoms with van der Waals surface area (Å²) < 4.78 is 11.9. The highest BCUT2D eigenvalue weighted by Crippen LogP contribution is 2.10. The fourth-order valence-corrected chi connectivity index (χ4v) is 1.37. The second-order valence-electron chi connectivity index (χ2n) is 3.48. The molecule has 9 heteroatoms. The Kier molecular flexibility index (Phi) is 2.77. The third kappa shape index (κ3) is 2.49. The molecule has 0 saturated heterocycles. The quantitative estimate of drug-likeness (QED) is 0.706. The van der Waals surface area contributed by atoms with Crippen LogP contribution in [-0.4, -0.2) is 29.7 Å². The molecule has 0 aliphatic rings. The van der Waals surface area contributed by atoms with Gasteiger partial charge in [0.15, 0.2) is 0 Å². The van der Waals surface area contributed by atoms with E-state index in [1.165, 1.54) is 17.3 Å². The molecule has 9 nitrogen and oxygen atoms in total. The smallest absolute Gasteiger partial charge is 0.323 e. The van der Waals surface area contributed by atoms with E-state index in [4.69, 9.17) is 14.9 Å². The van der Waals surface area contributed by atoms with Crippen molar-refractivity contribution in [2.75, 3.05) is 5.73 Å². The number of nitrogen functional groups attached to an aromatic ring is 1. The van der Waals surface area contributed by atoms with Crippen LogP contribution >= 0.6 is 0 Å². The number of anilines is 1. The van der Waals surface area contributed by atoms with Crippen molar-refractivity contribution in [2.45, 2.75) is 6.61 Å². The van der Waals surface area contributed by atoms with Crippen molar-refractivity contribution in [3.63, 3.8) is 0 Å². The molecule has 0 amide bonds. The van der Waals surface area contributed by atoms with E-state index >= 15 is 0 Å². The van der Waals surface area contributed by atoms with Gasteiger partial charge in [0.05, 0.1) is 6.26 Å². The van der Waals surface area contributed by atoms with Crippen LogP contribution in [0.4, 0.5) is 5.95 Å². The van der Waals surface area contributed by atoms with Crippen LogP contribution in [0.3, 0.4) is 0 Å².